The Bertz CT molecular complexity index is 959. The van der Waals surface area contributed by atoms with E-state index in [-0.39, 0.29) is 5.69 Å². The number of piperazine rings is 1. The highest BCUT2D eigenvalue weighted by Gasteiger charge is 2.37. The lowest BCUT2D eigenvalue weighted by Gasteiger charge is -2.32. The number of benzene rings is 2. The van der Waals surface area contributed by atoms with Crippen molar-refractivity contribution in [1.82, 2.24) is 5.32 Å². The fourth-order valence-electron chi connectivity index (χ4n) is 4.06. The first kappa shape index (κ1) is 24.0. The van der Waals surface area contributed by atoms with Crippen LogP contribution in [0.25, 0.3) is 0 Å². The highest BCUT2D eigenvalue weighted by molar-refractivity contribution is 7.99. The molecule has 2 aromatic rings. The van der Waals surface area contributed by atoms with Crippen LogP contribution in [0, 0.1) is 0 Å². The van der Waals surface area contributed by atoms with Gasteiger partial charge in [0.15, 0.2) is 0 Å². The van der Waals surface area contributed by atoms with E-state index in [9.17, 15) is 13.2 Å². The number of hydrogen-bond acceptors (Lipinski definition) is 7. The highest BCUT2D eigenvalue weighted by Crippen LogP contribution is 2.51. The predicted molar refractivity (Wildman–Crippen MR) is 126 cm³/mol. The van der Waals surface area contributed by atoms with Gasteiger partial charge in [-0.2, -0.15) is 13.2 Å². The predicted octanol–water partition coefficient (Wildman–Crippen LogP) is 4.42. The molecule has 10 heteroatoms. The van der Waals surface area contributed by atoms with E-state index in [0.717, 1.165) is 23.7 Å². The van der Waals surface area contributed by atoms with Gasteiger partial charge in [0.2, 0.25) is 0 Å². The van der Waals surface area contributed by atoms with Gasteiger partial charge in [0, 0.05) is 74.7 Å². The fourth-order valence-corrected chi connectivity index (χ4v) is 5.15. The van der Waals surface area contributed by atoms with Crippen LogP contribution in [0.2, 0.25) is 0 Å². The van der Waals surface area contributed by atoms with Crippen molar-refractivity contribution >= 4 is 34.5 Å². The number of rotatable bonds is 8. The standard InChI is InChI=1S/C23H29F3N4O2S/c1-31-11-9-30(10-12-32-2)16-3-4-19-20(14-16)33-21-15-17(29-7-5-27-6-8-29)13-18(22(21)28-19)23(24,25)26/h3-4,13-15,27-28H,5-12H2,1-2H3. The van der Waals surface area contributed by atoms with Crippen LogP contribution in [0.1, 0.15) is 5.56 Å². The number of nitrogens with zero attached hydrogens (tertiary/aromatic N) is 2. The molecule has 0 aromatic heterocycles. The fraction of sp³-hybridized carbons (Fsp3) is 0.478. The summed E-state index contributed by atoms with van der Waals surface area (Å²) in [7, 11) is 3.32. The van der Waals surface area contributed by atoms with Crippen LogP contribution >= 0.6 is 11.8 Å². The molecular weight excluding hydrogens is 453 g/mol. The van der Waals surface area contributed by atoms with E-state index in [1.807, 2.05) is 29.2 Å². The van der Waals surface area contributed by atoms with E-state index in [1.54, 1.807) is 14.2 Å². The van der Waals surface area contributed by atoms with Crippen molar-refractivity contribution in [3.8, 4) is 0 Å². The van der Waals surface area contributed by atoms with Crippen LogP contribution in [0.5, 0.6) is 0 Å². The van der Waals surface area contributed by atoms with Crippen LogP contribution in [0.4, 0.5) is 35.9 Å². The van der Waals surface area contributed by atoms with Crippen LogP contribution in [-0.4, -0.2) is 66.7 Å². The number of methoxy groups -OCH3 is 2. The molecule has 0 aliphatic carbocycles. The molecule has 1 fully saturated rings. The Balaban J connectivity index is 1.67. The lowest BCUT2D eigenvalue weighted by atomic mass is 10.1. The molecule has 2 heterocycles. The molecule has 0 radical (unpaired) electrons. The van der Waals surface area contributed by atoms with E-state index >= 15 is 0 Å². The molecule has 0 spiro atoms. The number of ether oxygens (including phenoxy) is 2. The summed E-state index contributed by atoms with van der Waals surface area (Å²) in [6.07, 6.45) is -4.45. The number of anilines is 4. The Hall–Kier alpha value is -2.14. The number of hydrogen-bond donors (Lipinski definition) is 2. The van der Waals surface area contributed by atoms with E-state index in [4.69, 9.17) is 9.47 Å². The van der Waals surface area contributed by atoms with Crippen molar-refractivity contribution in [2.24, 2.45) is 0 Å². The van der Waals surface area contributed by atoms with Crippen molar-refractivity contribution in [1.29, 1.82) is 0 Å². The largest absolute Gasteiger partial charge is 0.418 e. The summed E-state index contributed by atoms with van der Waals surface area (Å²) < 4.78 is 52.5. The molecule has 2 aliphatic heterocycles. The van der Waals surface area contributed by atoms with Gasteiger partial charge in [-0.25, -0.2) is 0 Å². The van der Waals surface area contributed by atoms with Crippen molar-refractivity contribution in [3.05, 3.63) is 35.9 Å². The van der Waals surface area contributed by atoms with Gasteiger partial charge >= 0.3 is 6.18 Å². The number of halogens is 3. The molecule has 2 N–H and O–H groups in total. The Kier molecular flexibility index (Phi) is 7.58. The Morgan fingerprint density at radius 2 is 1.70 bits per heavy atom. The molecule has 180 valence electrons. The van der Waals surface area contributed by atoms with Gasteiger partial charge in [0.1, 0.15) is 0 Å². The van der Waals surface area contributed by atoms with Crippen molar-refractivity contribution in [2.45, 2.75) is 16.0 Å². The number of nitrogens with one attached hydrogen (secondary N) is 2. The summed E-state index contributed by atoms with van der Waals surface area (Å²) in [5, 5.41) is 6.31. The summed E-state index contributed by atoms with van der Waals surface area (Å²) in [5.74, 6) is 0. The zero-order valence-corrected chi connectivity index (χ0v) is 19.6. The minimum atomic E-state index is -4.45. The first-order valence-corrected chi connectivity index (χ1v) is 11.7. The molecule has 0 bridgehead atoms. The first-order chi connectivity index (χ1) is 15.9. The van der Waals surface area contributed by atoms with Gasteiger partial charge in [-0.05, 0) is 30.3 Å². The maximum absolute atomic E-state index is 14.0. The van der Waals surface area contributed by atoms with Crippen LogP contribution < -0.4 is 20.4 Å². The minimum absolute atomic E-state index is 0.127. The topological polar surface area (TPSA) is 49.0 Å². The summed E-state index contributed by atoms with van der Waals surface area (Å²) >= 11 is 1.38. The average molecular weight is 483 g/mol. The van der Waals surface area contributed by atoms with Gasteiger partial charge in [0.25, 0.3) is 0 Å². The molecule has 0 atom stereocenters. The van der Waals surface area contributed by atoms with Crippen molar-refractivity contribution in [3.63, 3.8) is 0 Å². The molecule has 1 saturated heterocycles. The lowest BCUT2D eigenvalue weighted by Crippen LogP contribution is -2.43. The summed E-state index contributed by atoms with van der Waals surface area (Å²) in [5.41, 5.74) is 1.77. The maximum atomic E-state index is 14.0. The van der Waals surface area contributed by atoms with Crippen LogP contribution in [0.15, 0.2) is 40.1 Å². The second kappa shape index (κ2) is 10.4. The molecule has 6 nitrogen and oxygen atoms in total. The third kappa shape index (κ3) is 5.51. The molecule has 2 aromatic carbocycles. The maximum Gasteiger partial charge on any atom is 0.418 e. The molecular formula is C23H29F3N4O2S. The number of alkyl halides is 3. The zero-order chi connectivity index (χ0) is 23.4. The Morgan fingerprint density at radius 1 is 1.00 bits per heavy atom. The summed E-state index contributed by atoms with van der Waals surface area (Å²) in [6, 6.07) is 8.93. The quantitative estimate of drug-likeness (QED) is 0.493. The van der Waals surface area contributed by atoms with Gasteiger partial charge in [-0.3, -0.25) is 0 Å². The third-order valence-corrected chi connectivity index (χ3v) is 6.91. The molecule has 2 aliphatic rings. The van der Waals surface area contributed by atoms with E-state index < -0.39 is 11.7 Å². The third-order valence-electron chi connectivity index (χ3n) is 5.82. The van der Waals surface area contributed by atoms with Crippen LogP contribution in [-0.2, 0) is 15.7 Å². The molecule has 0 unspecified atom stereocenters. The second-order valence-corrected chi connectivity index (χ2v) is 9.07. The van der Waals surface area contributed by atoms with Gasteiger partial charge in [0.05, 0.1) is 30.2 Å². The first-order valence-electron chi connectivity index (χ1n) is 10.9. The molecule has 33 heavy (non-hydrogen) atoms. The number of fused-ring (bicyclic) bond motifs is 2. The van der Waals surface area contributed by atoms with E-state index in [1.165, 1.54) is 17.8 Å². The SMILES string of the molecule is COCCN(CCOC)c1ccc2c(c1)Sc1cc(N3CCNCC3)cc(C(F)(F)F)c1N2. The monoisotopic (exact) mass is 482 g/mol. The lowest BCUT2D eigenvalue weighted by molar-refractivity contribution is -0.137. The van der Waals surface area contributed by atoms with Gasteiger partial charge < -0.3 is 29.9 Å². The normalized spacial score (nSPS) is 15.6. The zero-order valence-electron chi connectivity index (χ0n) is 18.8. The average Bonchev–Trinajstić information content (AvgIpc) is 2.82. The van der Waals surface area contributed by atoms with E-state index in [2.05, 4.69) is 15.5 Å². The van der Waals surface area contributed by atoms with Gasteiger partial charge in [-0.1, -0.05) is 11.8 Å². The minimum Gasteiger partial charge on any atom is -0.383 e. The summed E-state index contributed by atoms with van der Waals surface area (Å²) in [4.78, 5) is 5.64. The van der Waals surface area contributed by atoms with Gasteiger partial charge in [-0.15, -0.1) is 0 Å². The Morgan fingerprint density at radius 3 is 2.33 bits per heavy atom. The highest BCUT2D eigenvalue weighted by atomic mass is 32.2. The summed E-state index contributed by atoms with van der Waals surface area (Å²) in [6.45, 7) is 5.41. The van der Waals surface area contributed by atoms with Crippen molar-refractivity contribution in [2.75, 3.05) is 81.8 Å². The van der Waals surface area contributed by atoms with Crippen molar-refractivity contribution < 1.29 is 22.6 Å². The molecule has 0 saturated carbocycles. The smallest absolute Gasteiger partial charge is 0.383 e. The molecule has 0 amide bonds. The van der Waals surface area contributed by atoms with E-state index in [0.29, 0.717) is 55.7 Å². The molecule has 4 rings (SSSR count). The Labute approximate surface area is 196 Å². The van der Waals surface area contributed by atoms with Crippen LogP contribution in [0.3, 0.4) is 0 Å². The second-order valence-electron chi connectivity index (χ2n) is 7.98.